The van der Waals surface area contributed by atoms with Gasteiger partial charge in [-0.15, -0.1) is 0 Å². The molecule has 1 N–H and O–H groups in total. The van der Waals surface area contributed by atoms with Crippen molar-refractivity contribution in [3.8, 4) is 6.07 Å². The van der Waals surface area contributed by atoms with Gasteiger partial charge in [0.1, 0.15) is 5.60 Å². The molecule has 0 aliphatic heterocycles. The minimum atomic E-state index is -1.10. The molecule has 19 heavy (non-hydrogen) atoms. The number of aliphatic hydroxyl groups is 1. The average Bonchev–Trinajstić information content (AvgIpc) is 2.36. The van der Waals surface area contributed by atoms with Crippen LogP contribution in [0.5, 0.6) is 0 Å². The van der Waals surface area contributed by atoms with Crippen molar-refractivity contribution in [1.29, 1.82) is 5.26 Å². The molecule has 3 nitrogen and oxygen atoms in total. The average molecular weight is 267 g/mol. The fraction of sp³-hybridized carbons (Fsp3) is 0.938. The fourth-order valence-corrected chi connectivity index (χ4v) is 3.33. The minimum Gasteiger partial charge on any atom is -0.386 e. The van der Waals surface area contributed by atoms with Crippen molar-refractivity contribution >= 4 is 0 Å². The highest BCUT2D eigenvalue weighted by Crippen LogP contribution is 2.51. The second kappa shape index (κ2) is 5.42. The van der Waals surface area contributed by atoms with Crippen molar-refractivity contribution in [3.05, 3.63) is 0 Å². The molecule has 1 aliphatic carbocycles. The smallest absolute Gasteiger partial charge is 0.106 e. The molecule has 0 aromatic carbocycles. The number of rotatable bonds is 3. The van der Waals surface area contributed by atoms with Gasteiger partial charge in [0.25, 0.3) is 0 Å². The quantitative estimate of drug-likeness (QED) is 0.851. The van der Waals surface area contributed by atoms with Crippen LogP contribution in [0.4, 0.5) is 0 Å². The summed E-state index contributed by atoms with van der Waals surface area (Å²) in [5.41, 5.74) is -1.50. The molecule has 0 radical (unpaired) electrons. The van der Waals surface area contributed by atoms with Crippen LogP contribution < -0.4 is 0 Å². The number of nitriles is 1. The van der Waals surface area contributed by atoms with E-state index in [4.69, 9.17) is 4.74 Å². The first-order valence-electron chi connectivity index (χ1n) is 7.27. The maximum absolute atomic E-state index is 10.8. The lowest BCUT2D eigenvalue weighted by Gasteiger charge is -2.48. The SMILES string of the molecule is COC(C)C(C)(O)C1(C#N)CCC(C(C)(C)C)CC1. The number of methoxy groups -OCH3 is 1. The largest absolute Gasteiger partial charge is 0.386 e. The molecule has 2 unspecified atom stereocenters. The highest BCUT2D eigenvalue weighted by Gasteiger charge is 2.53. The maximum Gasteiger partial charge on any atom is 0.106 e. The van der Waals surface area contributed by atoms with Gasteiger partial charge >= 0.3 is 0 Å². The molecule has 0 heterocycles. The van der Waals surface area contributed by atoms with E-state index in [1.54, 1.807) is 14.0 Å². The van der Waals surface area contributed by atoms with Crippen LogP contribution in [0.25, 0.3) is 0 Å². The zero-order valence-corrected chi connectivity index (χ0v) is 13.3. The number of ether oxygens (including phenoxy) is 1. The normalized spacial score (nSPS) is 33.3. The van der Waals surface area contributed by atoms with Crippen molar-refractivity contribution in [2.24, 2.45) is 16.7 Å². The molecule has 0 spiro atoms. The lowest BCUT2D eigenvalue weighted by atomic mass is 9.58. The molecule has 1 fully saturated rings. The van der Waals surface area contributed by atoms with Gasteiger partial charge in [0.05, 0.1) is 17.6 Å². The Morgan fingerprint density at radius 2 is 1.74 bits per heavy atom. The van der Waals surface area contributed by atoms with Gasteiger partial charge in [-0.25, -0.2) is 0 Å². The lowest BCUT2D eigenvalue weighted by molar-refractivity contribution is -0.148. The van der Waals surface area contributed by atoms with E-state index in [0.717, 1.165) is 25.7 Å². The number of hydrogen-bond donors (Lipinski definition) is 1. The van der Waals surface area contributed by atoms with Gasteiger partial charge in [0.2, 0.25) is 0 Å². The highest BCUT2D eigenvalue weighted by molar-refractivity contribution is 5.14. The van der Waals surface area contributed by atoms with Crippen molar-refractivity contribution in [2.45, 2.75) is 72.0 Å². The van der Waals surface area contributed by atoms with Gasteiger partial charge < -0.3 is 9.84 Å². The van der Waals surface area contributed by atoms with E-state index >= 15 is 0 Å². The van der Waals surface area contributed by atoms with Gasteiger partial charge in [-0.2, -0.15) is 5.26 Å². The number of hydrogen-bond acceptors (Lipinski definition) is 3. The van der Waals surface area contributed by atoms with Gasteiger partial charge in [-0.1, -0.05) is 20.8 Å². The predicted molar refractivity (Wildman–Crippen MR) is 76.6 cm³/mol. The molecule has 0 amide bonds. The first-order chi connectivity index (χ1) is 8.60. The van der Waals surface area contributed by atoms with E-state index < -0.39 is 11.0 Å². The van der Waals surface area contributed by atoms with Crippen LogP contribution in [0.2, 0.25) is 0 Å². The molecule has 1 rings (SSSR count). The summed E-state index contributed by atoms with van der Waals surface area (Å²) in [7, 11) is 1.59. The first-order valence-corrected chi connectivity index (χ1v) is 7.27. The van der Waals surface area contributed by atoms with Crippen LogP contribution in [0, 0.1) is 28.1 Å². The minimum absolute atomic E-state index is 0.278. The van der Waals surface area contributed by atoms with Crippen LogP contribution in [-0.4, -0.2) is 23.9 Å². The third-order valence-electron chi connectivity index (χ3n) is 5.39. The van der Waals surface area contributed by atoms with Crippen LogP contribution in [-0.2, 0) is 4.74 Å². The second-order valence-corrected chi connectivity index (χ2v) is 7.36. The zero-order chi connectivity index (χ0) is 14.9. The summed E-state index contributed by atoms with van der Waals surface area (Å²) in [5.74, 6) is 0.627. The zero-order valence-electron chi connectivity index (χ0n) is 13.3. The van der Waals surface area contributed by atoms with Gasteiger partial charge in [0, 0.05) is 7.11 Å². The van der Waals surface area contributed by atoms with E-state index in [1.807, 2.05) is 6.92 Å². The van der Waals surface area contributed by atoms with E-state index in [2.05, 4.69) is 26.8 Å². The molecule has 1 aliphatic rings. The lowest BCUT2D eigenvalue weighted by Crippen LogP contribution is -2.55. The van der Waals surface area contributed by atoms with Crippen LogP contribution in [0.1, 0.15) is 60.3 Å². The Hall–Kier alpha value is -0.590. The summed E-state index contributed by atoms with van der Waals surface area (Å²) < 4.78 is 5.29. The van der Waals surface area contributed by atoms with E-state index in [0.29, 0.717) is 5.92 Å². The summed E-state index contributed by atoms with van der Waals surface area (Å²) in [4.78, 5) is 0. The molecule has 0 bridgehead atoms. The Kier molecular flexibility index (Phi) is 4.70. The summed E-state index contributed by atoms with van der Waals surface area (Å²) in [5, 5.41) is 20.4. The molecule has 2 atom stereocenters. The van der Waals surface area contributed by atoms with Crippen LogP contribution in [0.15, 0.2) is 0 Å². The van der Waals surface area contributed by atoms with Gasteiger partial charge in [-0.05, 0) is 50.9 Å². The molecule has 3 heteroatoms. The highest BCUT2D eigenvalue weighted by atomic mass is 16.5. The van der Waals surface area contributed by atoms with E-state index in [9.17, 15) is 10.4 Å². The topological polar surface area (TPSA) is 53.2 Å². The fourth-order valence-electron chi connectivity index (χ4n) is 3.33. The van der Waals surface area contributed by atoms with Gasteiger partial charge in [0.15, 0.2) is 0 Å². The van der Waals surface area contributed by atoms with Crippen LogP contribution in [0.3, 0.4) is 0 Å². The predicted octanol–water partition coefficient (Wildman–Crippen LogP) is 3.52. The van der Waals surface area contributed by atoms with Crippen molar-refractivity contribution in [3.63, 3.8) is 0 Å². The van der Waals surface area contributed by atoms with Crippen molar-refractivity contribution < 1.29 is 9.84 Å². The Morgan fingerprint density at radius 3 is 2.05 bits per heavy atom. The van der Waals surface area contributed by atoms with E-state index in [1.165, 1.54) is 0 Å². The summed E-state index contributed by atoms with van der Waals surface area (Å²) in [6.45, 7) is 10.4. The van der Waals surface area contributed by atoms with Crippen LogP contribution >= 0.6 is 0 Å². The Bertz CT molecular complexity index is 341. The molecule has 110 valence electrons. The Labute approximate surface area is 118 Å². The Balaban J connectivity index is 2.91. The summed E-state index contributed by atoms with van der Waals surface area (Å²) in [6, 6.07) is 2.41. The van der Waals surface area contributed by atoms with E-state index in [-0.39, 0.29) is 11.5 Å². The first kappa shape index (κ1) is 16.5. The second-order valence-electron chi connectivity index (χ2n) is 7.36. The van der Waals surface area contributed by atoms with Gasteiger partial charge in [-0.3, -0.25) is 0 Å². The number of nitrogens with zero attached hydrogens (tertiary/aromatic N) is 1. The maximum atomic E-state index is 10.8. The standard InChI is InChI=1S/C16H29NO2/c1-12(19-6)15(5,18)16(11-17)9-7-13(8-10-16)14(2,3)4/h12-13,18H,7-10H2,1-6H3. The van der Waals surface area contributed by atoms with Crippen molar-refractivity contribution in [1.82, 2.24) is 0 Å². The molecule has 1 saturated carbocycles. The molecular formula is C16H29NO2. The molecule has 0 saturated heterocycles. The van der Waals surface area contributed by atoms with Crippen molar-refractivity contribution in [2.75, 3.05) is 7.11 Å². The monoisotopic (exact) mass is 267 g/mol. The third-order valence-corrected chi connectivity index (χ3v) is 5.39. The molecular weight excluding hydrogens is 238 g/mol. The molecule has 0 aromatic rings. The summed E-state index contributed by atoms with van der Waals surface area (Å²) in [6.07, 6.45) is 3.18. The third kappa shape index (κ3) is 2.95. The summed E-state index contributed by atoms with van der Waals surface area (Å²) >= 11 is 0. The Morgan fingerprint density at radius 1 is 1.26 bits per heavy atom. The molecule has 0 aromatic heterocycles.